The van der Waals surface area contributed by atoms with Gasteiger partial charge in [-0.2, -0.15) is 0 Å². The van der Waals surface area contributed by atoms with Crippen molar-refractivity contribution in [1.82, 2.24) is 9.80 Å². The number of carbonyl (C=O) groups excluding carboxylic acids is 2. The van der Waals surface area contributed by atoms with E-state index in [2.05, 4.69) is 12.1 Å². The highest BCUT2D eigenvalue weighted by molar-refractivity contribution is 5.94. The van der Waals surface area contributed by atoms with E-state index in [1.807, 2.05) is 49.1 Å². The zero-order chi connectivity index (χ0) is 20.8. The SMILES string of the molecule is Cc1cc(C)cc(C(=O)N2CCC3(CC2)O[C@@H](C(=O)N(C)C)c2ccccc23)c1. The molecule has 2 aromatic rings. The summed E-state index contributed by atoms with van der Waals surface area (Å²) in [5, 5.41) is 0. The fraction of sp³-hybridized carbons (Fsp3) is 0.417. The highest BCUT2D eigenvalue weighted by Gasteiger charge is 2.49. The molecule has 0 radical (unpaired) electrons. The Labute approximate surface area is 172 Å². The molecule has 1 spiro atoms. The summed E-state index contributed by atoms with van der Waals surface area (Å²) in [6.07, 6.45) is 0.818. The number of rotatable bonds is 2. The lowest BCUT2D eigenvalue weighted by atomic mass is 9.83. The number of benzene rings is 2. The number of ether oxygens (including phenoxy) is 1. The molecule has 0 saturated carbocycles. The van der Waals surface area contributed by atoms with Crippen molar-refractivity contribution < 1.29 is 14.3 Å². The number of likely N-dealkylation sites (tertiary alicyclic amines) is 1. The van der Waals surface area contributed by atoms with Crippen LogP contribution in [0.25, 0.3) is 0 Å². The number of nitrogens with zero attached hydrogens (tertiary/aromatic N) is 2. The van der Waals surface area contributed by atoms with Crippen molar-refractivity contribution in [2.24, 2.45) is 0 Å². The van der Waals surface area contributed by atoms with Gasteiger partial charge in [0.15, 0.2) is 6.10 Å². The van der Waals surface area contributed by atoms with Crippen molar-refractivity contribution in [3.8, 4) is 0 Å². The summed E-state index contributed by atoms with van der Waals surface area (Å²) in [5.74, 6) is 0.0296. The van der Waals surface area contributed by atoms with Gasteiger partial charge in [-0.3, -0.25) is 9.59 Å². The van der Waals surface area contributed by atoms with E-state index in [-0.39, 0.29) is 11.8 Å². The second-order valence-electron chi connectivity index (χ2n) is 8.48. The first-order valence-electron chi connectivity index (χ1n) is 10.2. The molecule has 1 atom stereocenters. The molecule has 4 rings (SSSR count). The normalized spacial score (nSPS) is 19.9. The Morgan fingerprint density at radius 3 is 2.28 bits per heavy atom. The highest BCUT2D eigenvalue weighted by atomic mass is 16.5. The lowest BCUT2D eigenvalue weighted by molar-refractivity contribution is -0.157. The number of fused-ring (bicyclic) bond motifs is 2. The largest absolute Gasteiger partial charge is 0.352 e. The van der Waals surface area contributed by atoms with Crippen LogP contribution in [-0.4, -0.2) is 48.8 Å². The number of piperidine rings is 1. The lowest BCUT2D eigenvalue weighted by Crippen LogP contribution is -2.45. The summed E-state index contributed by atoms with van der Waals surface area (Å²) in [7, 11) is 3.51. The summed E-state index contributed by atoms with van der Waals surface area (Å²) in [6, 6.07) is 14.0. The quantitative estimate of drug-likeness (QED) is 0.785. The maximum Gasteiger partial charge on any atom is 0.255 e. The van der Waals surface area contributed by atoms with Crippen LogP contribution in [0.3, 0.4) is 0 Å². The van der Waals surface area contributed by atoms with E-state index in [1.54, 1.807) is 19.0 Å². The van der Waals surface area contributed by atoms with Crippen molar-refractivity contribution in [2.75, 3.05) is 27.2 Å². The molecule has 2 aromatic carbocycles. The molecular weight excluding hydrogens is 364 g/mol. The third-order valence-corrected chi connectivity index (χ3v) is 6.07. The lowest BCUT2D eigenvalue weighted by Gasteiger charge is -2.39. The molecule has 2 amide bonds. The Kier molecular flexibility index (Phi) is 4.95. The van der Waals surface area contributed by atoms with Crippen LogP contribution in [0.1, 0.15) is 51.6 Å². The van der Waals surface area contributed by atoms with Gasteiger partial charge in [0.05, 0.1) is 5.60 Å². The average molecular weight is 392 g/mol. The first-order chi connectivity index (χ1) is 13.8. The number of hydrogen-bond acceptors (Lipinski definition) is 3. The summed E-state index contributed by atoms with van der Waals surface area (Å²) < 4.78 is 6.43. The molecule has 0 bridgehead atoms. The van der Waals surface area contributed by atoms with Crippen molar-refractivity contribution in [2.45, 2.75) is 38.4 Å². The molecule has 152 valence electrons. The van der Waals surface area contributed by atoms with E-state index in [0.29, 0.717) is 25.9 Å². The van der Waals surface area contributed by atoms with Gasteiger partial charge < -0.3 is 14.5 Å². The van der Waals surface area contributed by atoms with Crippen LogP contribution in [0.2, 0.25) is 0 Å². The van der Waals surface area contributed by atoms with Gasteiger partial charge in [0.25, 0.3) is 11.8 Å². The van der Waals surface area contributed by atoms with Crippen molar-refractivity contribution in [1.29, 1.82) is 0 Å². The maximum absolute atomic E-state index is 13.0. The zero-order valence-electron chi connectivity index (χ0n) is 17.6. The first-order valence-corrected chi connectivity index (χ1v) is 10.2. The first kappa shape index (κ1) is 19.6. The monoisotopic (exact) mass is 392 g/mol. The van der Waals surface area contributed by atoms with Crippen LogP contribution in [0, 0.1) is 13.8 Å². The summed E-state index contributed by atoms with van der Waals surface area (Å²) in [5.41, 5.74) is 4.50. The predicted molar refractivity (Wildman–Crippen MR) is 112 cm³/mol. The van der Waals surface area contributed by atoms with Gasteiger partial charge in [-0.05, 0) is 49.9 Å². The Hall–Kier alpha value is -2.66. The van der Waals surface area contributed by atoms with Crippen LogP contribution >= 0.6 is 0 Å². The molecule has 0 aromatic heterocycles. The summed E-state index contributed by atoms with van der Waals surface area (Å²) >= 11 is 0. The molecule has 2 aliphatic heterocycles. The molecule has 5 nitrogen and oxygen atoms in total. The van der Waals surface area contributed by atoms with E-state index < -0.39 is 11.7 Å². The maximum atomic E-state index is 13.0. The third-order valence-electron chi connectivity index (χ3n) is 6.07. The number of aryl methyl sites for hydroxylation is 2. The fourth-order valence-corrected chi connectivity index (χ4v) is 4.65. The molecule has 0 unspecified atom stereocenters. The van der Waals surface area contributed by atoms with Gasteiger partial charge in [0.2, 0.25) is 0 Å². The van der Waals surface area contributed by atoms with E-state index in [0.717, 1.165) is 27.8 Å². The van der Waals surface area contributed by atoms with Crippen molar-refractivity contribution in [3.63, 3.8) is 0 Å². The second-order valence-corrected chi connectivity index (χ2v) is 8.48. The molecule has 1 saturated heterocycles. The van der Waals surface area contributed by atoms with Gasteiger partial charge in [0.1, 0.15) is 0 Å². The highest BCUT2D eigenvalue weighted by Crippen LogP contribution is 2.49. The van der Waals surface area contributed by atoms with Crippen molar-refractivity contribution in [3.05, 3.63) is 70.3 Å². The summed E-state index contributed by atoms with van der Waals surface area (Å²) in [4.78, 5) is 29.2. The molecule has 0 aliphatic carbocycles. The number of carbonyl (C=O) groups is 2. The van der Waals surface area contributed by atoms with Crippen LogP contribution < -0.4 is 0 Å². The number of amides is 2. The minimum atomic E-state index is -0.567. The Morgan fingerprint density at radius 2 is 1.66 bits per heavy atom. The van der Waals surface area contributed by atoms with Crippen LogP contribution in [0.4, 0.5) is 0 Å². The van der Waals surface area contributed by atoms with E-state index in [9.17, 15) is 9.59 Å². The minimum absolute atomic E-state index is 0.0388. The van der Waals surface area contributed by atoms with E-state index >= 15 is 0 Å². The van der Waals surface area contributed by atoms with Gasteiger partial charge in [-0.1, -0.05) is 41.5 Å². The van der Waals surface area contributed by atoms with Gasteiger partial charge >= 0.3 is 0 Å². The molecule has 29 heavy (non-hydrogen) atoms. The molecule has 0 N–H and O–H groups in total. The average Bonchev–Trinajstić information content (AvgIpc) is 3.01. The zero-order valence-corrected chi connectivity index (χ0v) is 17.6. The van der Waals surface area contributed by atoms with E-state index in [4.69, 9.17) is 4.74 Å². The Bertz CT molecular complexity index is 938. The fourth-order valence-electron chi connectivity index (χ4n) is 4.65. The predicted octanol–water partition coefficient (Wildman–Crippen LogP) is 3.59. The smallest absolute Gasteiger partial charge is 0.255 e. The second kappa shape index (κ2) is 7.30. The van der Waals surface area contributed by atoms with Gasteiger partial charge in [-0.25, -0.2) is 0 Å². The Morgan fingerprint density at radius 1 is 1.03 bits per heavy atom. The molecular formula is C24H28N2O3. The van der Waals surface area contributed by atoms with E-state index in [1.165, 1.54) is 0 Å². The third kappa shape index (κ3) is 3.44. The number of likely N-dealkylation sites (N-methyl/N-ethyl adjacent to an activating group) is 1. The minimum Gasteiger partial charge on any atom is -0.352 e. The topological polar surface area (TPSA) is 49.9 Å². The molecule has 2 aliphatic rings. The number of hydrogen-bond donors (Lipinski definition) is 0. The Balaban J connectivity index is 1.56. The van der Waals surface area contributed by atoms with Gasteiger partial charge in [0, 0.05) is 32.7 Å². The van der Waals surface area contributed by atoms with Gasteiger partial charge in [-0.15, -0.1) is 0 Å². The van der Waals surface area contributed by atoms with Crippen molar-refractivity contribution >= 4 is 11.8 Å². The molecule has 1 fully saturated rings. The summed E-state index contributed by atoms with van der Waals surface area (Å²) in [6.45, 7) is 5.26. The molecule has 5 heteroatoms. The molecule has 2 heterocycles. The van der Waals surface area contributed by atoms with Crippen LogP contribution in [0.15, 0.2) is 42.5 Å². The standard InChI is InChI=1S/C24H28N2O3/c1-16-13-17(2)15-18(14-16)22(27)26-11-9-24(10-12-26)20-8-6-5-7-19(20)21(29-24)23(28)25(3)4/h5-8,13-15,21H,9-12H2,1-4H3/t21-/m1/s1. The van der Waals surface area contributed by atoms with Crippen LogP contribution in [0.5, 0.6) is 0 Å². The van der Waals surface area contributed by atoms with Crippen LogP contribution in [-0.2, 0) is 15.1 Å².